The normalized spacial score (nSPS) is 14.5. The summed E-state index contributed by atoms with van der Waals surface area (Å²) >= 11 is 0. The summed E-state index contributed by atoms with van der Waals surface area (Å²) in [7, 11) is 0. The molecule has 2 atom stereocenters. The molecule has 30 heavy (non-hydrogen) atoms. The Labute approximate surface area is 172 Å². The van der Waals surface area contributed by atoms with Crippen LogP contribution in [-0.4, -0.2) is 53.7 Å². The Morgan fingerprint density at radius 2 is 1.00 bits per heavy atom. The van der Waals surface area contributed by atoms with E-state index in [0.717, 1.165) is 0 Å². The zero-order valence-corrected chi connectivity index (χ0v) is 16.5. The number of hydrogen-bond donors (Lipinski definition) is 8. The van der Waals surface area contributed by atoms with Gasteiger partial charge in [0.1, 0.15) is 11.1 Å². The highest BCUT2D eigenvalue weighted by molar-refractivity contribution is 5.78. The molecule has 10 N–H and O–H groups in total. The highest BCUT2D eigenvalue weighted by Crippen LogP contribution is 2.27. The van der Waals surface area contributed by atoms with Crippen molar-refractivity contribution in [1.29, 1.82) is 0 Å². The third kappa shape index (κ3) is 6.83. The van der Waals surface area contributed by atoms with Gasteiger partial charge in [0.25, 0.3) is 0 Å². The fraction of sp³-hybridized carbons (Fsp3) is 0.300. The van der Waals surface area contributed by atoms with Crippen LogP contribution in [0.2, 0.25) is 0 Å². The molecule has 0 radical (unpaired) electrons. The number of nitrogens with two attached hydrogens (primary N) is 2. The number of benzene rings is 2. The van der Waals surface area contributed by atoms with Gasteiger partial charge in [0.15, 0.2) is 23.0 Å². The molecule has 0 aliphatic rings. The first-order valence-electron chi connectivity index (χ1n) is 8.72. The maximum Gasteiger partial charge on any atom is 0.323 e. The van der Waals surface area contributed by atoms with Crippen molar-refractivity contribution in [3.05, 3.63) is 47.5 Å². The standard InChI is InChI=1S/2C10H13NO4/c2*1-10(11,9(14)15)5-6-2-3-7(12)8(13)4-6/h2*2-4,12-13H,5,11H2,1H3,(H,14,15)/t2*10-/m00/s1. The highest BCUT2D eigenvalue weighted by Gasteiger charge is 2.29. The van der Waals surface area contributed by atoms with Crippen LogP contribution in [0, 0.1) is 0 Å². The van der Waals surface area contributed by atoms with Crippen molar-refractivity contribution in [3.8, 4) is 23.0 Å². The van der Waals surface area contributed by atoms with Crippen LogP contribution < -0.4 is 11.5 Å². The fourth-order valence-electron chi connectivity index (χ4n) is 2.36. The molecule has 10 nitrogen and oxygen atoms in total. The Balaban J connectivity index is 0.000000300. The predicted octanol–water partition coefficient (Wildman–Crippen LogP) is 0.885. The lowest BCUT2D eigenvalue weighted by Crippen LogP contribution is -2.46. The van der Waals surface area contributed by atoms with Gasteiger partial charge in [-0.2, -0.15) is 0 Å². The van der Waals surface area contributed by atoms with Crippen LogP contribution >= 0.6 is 0 Å². The zero-order chi connectivity index (χ0) is 23.3. The molecule has 2 rings (SSSR count). The number of phenols is 4. The molecule has 0 spiro atoms. The topological polar surface area (TPSA) is 208 Å². The molecular weight excluding hydrogens is 396 g/mol. The lowest BCUT2D eigenvalue weighted by atomic mass is 9.94. The summed E-state index contributed by atoms with van der Waals surface area (Å²) in [4.78, 5) is 21.5. The van der Waals surface area contributed by atoms with E-state index in [1.165, 1.54) is 50.2 Å². The van der Waals surface area contributed by atoms with E-state index in [1.54, 1.807) is 0 Å². The molecule has 164 valence electrons. The van der Waals surface area contributed by atoms with E-state index in [9.17, 15) is 19.8 Å². The van der Waals surface area contributed by atoms with Gasteiger partial charge in [-0.1, -0.05) is 12.1 Å². The Bertz CT molecular complexity index is 850. The summed E-state index contributed by atoms with van der Waals surface area (Å²) < 4.78 is 0. The van der Waals surface area contributed by atoms with E-state index in [4.69, 9.17) is 31.9 Å². The van der Waals surface area contributed by atoms with Gasteiger partial charge in [-0.15, -0.1) is 0 Å². The maximum atomic E-state index is 10.7. The molecule has 0 saturated heterocycles. The van der Waals surface area contributed by atoms with Crippen LogP contribution in [0.25, 0.3) is 0 Å². The molecular formula is C20H26N2O8. The van der Waals surface area contributed by atoms with Crippen LogP contribution in [0.1, 0.15) is 25.0 Å². The number of rotatable bonds is 6. The summed E-state index contributed by atoms with van der Waals surface area (Å²) in [6, 6.07) is 8.21. The minimum absolute atomic E-state index is 0.0795. The van der Waals surface area contributed by atoms with Crippen molar-refractivity contribution < 1.29 is 40.2 Å². The summed E-state index contributed by atoms with van der Waals surface area (Å²) in [5.74, 6) is -3.28. The minimum Gasteiger partial charge on any atom is -0.504 e. The predicted molar refractivity (Wildman–Crippen MR) is 107 cm³/mol. The zero-order valence-electron chi connectivity index (χ0n) is 16.5. The van der Waals surface area contributed by atoms with Crippen LogP contribution in [0.5, 0.6) is 23.0 Å². The highest BCUT2D eigenvalue weighted by atomic mass is 16.4. The van der Waals surface area contributed by atoms with Gasteiger partial charge in [0.2, 0.25) is 0 Å². The first kappa shape index (κ1) is 24.5. The van der Waals surface area contributed by atoms with Gasteiger partial charge < -0.3 is 42.1 Å². The molecule has 0 aromatic heterocycles. The van der Waals surface area contributed by atoms with Gasteiger partial charge in [-0.25, -0.2) is 0 Å². The monoisotopic (exact) mass is 422 g/mol. The van der Waals surface area contributed by atoms with Gasteiger partial charge in [-0.3, -0.25) is 9.59 Å². The van der Waals surface area contributed by atoms with E-state index in [-0.39, 0.29) is 35.8 Å². The average molecular weight is 422 g/mol. The molecule has 0 fully saturated rings. The molecule has 2 aromatic rings. The smallest absolute Gasteiger partial charge is 0.323 e. The van der Waals surface area contributed by atoms with E-state index in [1.807, 2.05) is 0 Å². The Kier molecular flexibility index (Phi) is 7.63. The second kappa shape index (κ2) is 9.33. The number of aliphatic carboxylic acids is 2. The SMILES string of the molecule is C[C@](N)(Cc1ccc(O)c(O)c1)C(=O)O.C[C@](N)(Cc1ccc(O)c(O)c1)C(=O)O. The summed E-state index contributed by atoms with van der Waals surface area (Å²) in [6.45, 7) is 2.78. The fourth-order valence-corrected chi connectivity index (χ4v) is 2.36. The maximum absolute atomic E-state index is 10.7. The third-order valence-electron chi connectivity index (χ3n) is 4.20. The van der Waals surface area contributed by atoms with Crippen LogP contribution in [0.15, 0.2) is 36.4 Å². The molecule has 0 heterocycles. The number of aromatic hydroxyl groups is 4. The minimum atomic E-state index is -1.39. The molecule has 0 amide bonds. The van der Waals surface area contributed by atoms with Crippen molar-refractivity contribution >= 4 is 11.9 Å². The van der Waals surface area contributed by atoms with Crippen LogP contribution in [-0.2, 0) is 22.4 Å². The van der Waals surface area contributed by atoms with Crippen molar-refractivity contribution in [2.24, 2.45) is 11.5 Å². The van der Waals surface area contributed by atoms with Crippen molar-refractivity contribution in [2.45, 2.75) is 37.8 Å². The molecule has 2 aromatic carbocycles. The lowest BCUT2D eigenvalue weighted by Gasteiger charge is -2.19. The first-order chi connectivity index (χ1) is 13.7. The number of carbonyl (C=O) groups is 2. The summed E-state index contributed by atoms with van der Waals surface area (Å²) in [6.07, 6.45) is 0.159. The van der Waals surface area contributed by atoms with Crippen molar-refractivity contribution in [3.63, 3.8) is 0 Å². The largest absolute Gasteiger partial charge is 0.504 e. The molecule has 10 heteroatoms. The first-order valence-corrected chi connectivity index (χ1v) is 8.72. The second-order valence-corrected chi connectivity index (χ2v) is 7.44. The molecule has 0 unspecified atom stereocenters. The van der Waals surface area contributed by atoms with E-state index in [2.05, 4.69) is 0 Å². The Morgan fingerprint density at radius 1 is 0.700 bits per heavy atom. The molecule has 0 aliphatic carbocycles. The average Bonchev–Trinajstić information content (AvgIpc) is 2.61. The van der Waals surface area contributed by atoms with E-state index < -0.39 is 23.0 Å². The van der Waals surface area contributed by atoms with E-state index in [0.29, 0.717) is 11.1 Å². The third-order valence-corrected chi connectivity index (χ3v) is 4.20. The van der Waals surface area contributed by atoms with Gasteiger partial charge in [0, 0.05) is 12.8 Å². The number of carboxylic acids is 2. The van der Waals surface area contributed by atoms with Gasteiger partial charge in [0.05, 0.1) is 0 Å². The van der Waals surface area contributed by atoms with Gasteiger partial charge in [-0.05, 0) is 49.2 Å². The number of phenolic OH excluding ortho intramolecular Hbond substituents is 4. The number of hydrogen-bond acceptors (Lipinski definition) is 8. The van der Waals surface area contributed by atoms with Crippen molar-refractivity contribution in [1.82, 2.24) is 0 Å². The molecule has 0 saturated carbocycles. The number of carboxylic acid groups (broad SMARTS) is 2. The van der Waals surface area contributed by atoms with E-state index >= 15 is 0 Å². The second-order valence-electron chi connectivity index (χ2n) is 7.44. The van der Waals surface area contributed by atoms with Gasteiger partial charge >= 0.3 is 11.9 Å². The van der Waals surface area contributed by atoms with Crippen molar-refractivity contribution in [2.75, 3.05) is 0 Å². The Hall–Kier alpha value is -3.50. The summed E-state index contributed by atoms with van der Waals surface area (Å²) in [5, 5.41) is 54.1. The molecule has 0 bridgehead atoms. The quantitative estimate of drug-likeness (QED) is 0.308. The van der Waals surface area contributed by atoms with Crippen LogP contribution in [0.4, 0.5) is 0 Å². The molecule has 0 aliphatic heterocycles. The Morgan fingerprint density at radius 3 is 1.23 bits per heavy atom. The lowest BCUT2D eigenvalue weighted by molar-refractivity contribution is -0.143. The summed E-state index contributed by atoms with van der Waals surface area (Å²) in [5.41, 5.74) is 9.41. The van der Waals surface area contributed by atoms with Crippen LogP contribution in [0.3, 0.4) is 0 Å².